The van der Waals surface area contributed by atoms with Gasteiger partial charge in [0, 0.05) is 55.5 Å². The van der Waals surface area contributed by atoms with Crippen LogP contribution < -0.4 is 0 Å². The Morgan fingerprint density at radius 1 is 0.145 bits per heavy atom. The van der Waals surface area contributed by atoms with Crippen LogP contribution in [0.2, 0.25) is 0 Å². The van der Waals surface area contributed by atoms with Gasteiger partial charge in [-0.05, 0) is 375 Å². The Balaban J connectivity index is 0.000000642. The molecule has 0 aliphatic heterocycles. The van der Waals surface area contributed by atoms with Crippen molar-refractivity contribution in [3.8, 4) is 0 Å². The molecule has 0 bridgehead atoms. The van der Waals surface area contributed by atoms with Crippen molar-refractivity contribution in [3.63, 3.8) is 0 Å². The second-order valence-electron chi connectivity index (χ2n) is 37.1. The van der Waals surface area contributed by atoms with Crippen molar-refractivity contribution in [1.29, 1.82) is 0 Å². The molecule has 0 spiro atoms. The number of hydrogen-bond acceptors (Lipinski definition) is 7. The summed E-state index contributed by atoms with van der Waals surface area (Å²) in [5.41, 5.74) is 52.1. The minimum Gasteiger partial charge on any atom is -0.256 e. The van der Waals surface area contributed by atoms with Gasteiger partial charge in [0.05, 0.1) is 51.2 Å². The summed E-state index contributed by atoms with van der Waals surface area (Å²) in [6, 6.07) is 0. The lowest BCUT2D eigenvalue weighted by Crippen LogP contribution is -2.23. The van der Waals surface area contributed by atoms with Gasteiger partial charge in [0.15, 0.2) is 0 Å². The van der Waals surface area contributed by atoms with E-state index in [0.717, 1.165) is 101 Å². The molecule has 7 nitrogen and oxygen atoms in total. The molecule has 0 aromatic carbocycles. The molecule has 7 heteroatoms. The molecule has 600 valence electrons. The van der Waals surface area contributed by atoms with E-state index in [1.807, 2.05) is 62.3 Å². The van der Waals surface area contributed by atoms with Gasteiger partial charge in [-0.15, -0.1) is 0 Å². The molecule has 0 amide bonds. The van der Waals surface area contributed by atoms with Crippen molar-refractivity contribution < 1.29 is 0 Å². The lowest BCUT2D eigenvalue weighted by Gasteiger charge is -2.28. The van der Waals surface area contributed by atoms with Crippen LogP contribution in [0.1, 0.15) is 363 Å². The van der Waals surface area contributed by atoms with Crippen molar-refractivity contribution >= 4 is 50.2 Å². The number of hydrogen-bond donors (Lipinski definition) is 0. The van der Waals surface area contributed by atoms with Gasteiger partial charge in [-0.25, -0.2) is 15.0 Å². The number of allylic oxidation sites excluding steroid dienone is 9. The van der Waals surface area contributed by atoms with Crippen molar-refractivity contribution in [3.05, 3.63) is 256 Å². The molecule has 110 heavy (non-hydrogen) atoms. The summed E-state index contributed by atoms with van der Waals surface area (Å²) in [4.78, 5) is 33.3. The van der Waals surface area contributed by atoms with Gasteiger partial charge < -0.3 is 0 Å². The van der Waals surface area contributed by atoms with Crippen LogP contribution in [-0.4, -0.2) is 34.9 Å². The minimum absolute atomic E-state index is 0.0900. The molecule has 7 heterocycles. The lowest BCUT2D eigenvalue weighted by atomic mass is 9.81. The summed E-state index contributed by atoms with van der Waals surface area (Å²) in [5.74, 6) is 0. The molecular weight excluding hydrogens is 1340 g/mol. The Morgan fingerprint density at radius 2 is 0.236 bits per heavy atom. The van der Waals surface area contributed by atoms with Gasteiger partial charge in [0.1, 0.15) is 0 Å². The van der Waals surface area contributed by atoms with E-state index in [1.165, 1.54) is 145 Å². The Labute approximate surface area is 675 Å². The maximum absolute atomic E-state index is 4.98. The maximum atomic E-state index is 4.98. The molecule has 0 fully saturated rings. The zero-order valence-electron chi connectivity index (χ0n) is 79.0. The summed E-state index contributed by atoms with van der Waals surface area (Å²) in [7, 11) is 0. The topological polar surface area (TPSA) is 90.2 Å². The SMILES string of the molecule is C=C(C)c1nc(C(=C)C)c(C)c(C)c1C.C=C(C)c1nc(C(=C)C)c(C)c(C)c1C.C=C(C)c1nc(C(=C)C)c(C)c(C)c1C.C=C(C)c1nc(C(C)(C)C)c(C)c(C)c1C.C=C(C)c1nc(C(C)(C)C)c(C)c(C)c1C.C=C(C)c1nc(C(C)(C)C)c(C)c(C)c1C.Cc1c(C(C)(C)C)nc(C(C)(C)C)c(C)c1C. The zero-order valence-corrected chi connectivity index (χ0v) is 79.0. The Hall–Kier alpha value is -8.29. The quantitative estimate of drug-likeness (QED) is 0.142. The van der Waals surface area contributed by atoms with Gasteiger partial charge in [-0.1, -0.05) is 163 Å². The highest BCUT2D eigenvalue weighted by Gasteiger charge is 2.29. The standard InChI is InChI=1S/C16H27N.3C15H23N.3C14H19N/c1-10-11(2)13(15(4,5)6)17-14(12(10)3)16(7,8)9;3*1-9(2)13-11(4)10(3)12(5)14(16-13)15(6,7)8;3*1-8(2)13-11(6)10(5)12(7)14(15-13)9(3)4/h1-9H3;3*1H2,2-8H3;3*1,3H2,2,4-7H3. The zero-order chi connectivity index (χ0) is 86.9. The van der Waals surface area contributed by atoms with E-state index < -0.39 is 0 Å². The molecule has 7 aromatic heterocycles. The number of rotatable bonds is 9. The van der Waals surface area contributed by atoms with Gasteiger partial charge >= 0.3 is 0 Å². The van der Waals surface area contributed by atoms with Crippen LogP contribution in [0.3, 0.4) is 0 Å². The molecule has 0 N–H and O–H groups in total. The molecule has 0 unspecified atom stereocenters. The van der Waals surface area contributed by atoms with Gasteiger partial charge in [-0.2, -0.15) is 0 Å². The van der Waals surface area contributed by atoms with Crippen LogP contribution in [-0.2, 0) is 27.1 Å². The fraction of sp³-hybridized carbons (Fsp3) is 0.485. The summed E-state index contributed by atoms with van der Waals surface area (Å²) in [6.45, 7) is 132. The van der Waals surface area contributed by atoms with Crippen molar-refractivity contribution in [1.82, 2.24) is 34.9 Å². The molecule has 0 aliphatic rings. The van der Waals surface area contributed by atoms with E-state index in [0.29, 0.717) is 0 Å². The fourth-order valence-corrected chi connectivity index (χ4v) is 13.8. The lowest BCUT2D eigenvalue weighted by molar-refractivity contribution is 0.523. The predicted octanol–water partition coefficient (Wildman–Crippen LogP) is 29.8. The highest BCUT2D eigenvalue weighted by atomic mass is 14.8. The van der Waals surface area contributed by atoms with Crippen molar-refractivity contribution in [2.24, 2.45) is 0 Å². The maximum Gasteiger partial charge on any atom is 0.0692 e. The molecule has 0 saturated carbocycles. The van der Waals surface area contributed by atoms with Crippen LogP contribution in [0.25, 0.3) is 50.2 Å². The predicted molar refractivity (Wildman–Crippen MR) is 495 cm³/mol. The summed E-state index contributed by atoms with van der Waals surface area (Å²) in [5, 5.41) is 0. The molecule has 0 saturated heterocycles. The third-order valence-corrected chi connectivity index (χ3v) is 21.6. The van der Waals surface area contributed by atoms with E-state index in [-0.39, 0.29) is 27.1 Å². The highest BCUT2D eigenvalue weighted by molar-refractivity contribution is 5.73. The molecule has 7 aromatic rings. The molecular formula is C103H153N7. The summed E-state index contributed by atoms with van der Waals surface area (Å²) < 4.78 is 0. The first-order valence-corrected chi connectivity index (χ1v) is 39.3. The first kappa shape index (κ1) is 99.7. The number of nitrogens with zero attached hydrogens (tertiary/aromatic N) is 7. The molecule has 0 aliphatic carbocycles. The number of pyridine rings is 7. The van der Waals surface area contributed by atoms with Crippen LogP contribution in [0.4, 0.5) is 0 Å². The van der Waals surface area contributed by atoms with E-state index in [4.69, 9.17) is 19.9 Å². The smallest absolute Gasteiger partial charge is 0.0692 e. The fourth-order valence-electron chi connectivity index (χ4n) is 13.8. The van der Waals surface area contributed by atoms with Crippen LogP contribution in [0.5, 0.6) is 0 Å². The van der Waals surface area contributed by atoms with E-state index in [1.54, 1.807) is 0 Å². The minimum atomic E-state index is 0.0900. The van der Waals surface area contributed by atoms with E-state index in [9.17, 15) is 0 Å². The Kier molecular flexibility index (Phi) is 35.1. The average molecular weight is 1490 g/mol. The van der Waals surface area contributed by atoms with Gasteiger partial charge in [0.2, 0.25) is 0 Å². The van der Waals surface area contributed by atoms with Gasteiger partial charge in [0.25, 0.3) is 0 Å². The second-order valence-corrected chi connectivity index (χ2v) is 37.1. The first-order chi connectivity index (χ1) is 49.5. The summed E-state index contributed by atoms with van der Waals surface area (Å²) in [6.07, 6.45) is 0. The van der Waals surface area contributed by atoms with Crippen LogP contribution >= 0.6 is 0 Å². The van der Waals surface area contributed by atoms with E-state index >= 15 is 0 Å². The third-order valence-electron chi connectivity index (χ3n) is 21.6. The monoisotopic (exact) mass is 1490 g/mol. The normalized spacial score (nSPS) is 11.3. The van der Waals surface area contributed by atoms with E-state index in [2.05, 4.69) is 323 Å². The molecule has 0 radical (unpaired) electrons. The van der Waals surface area contributed by atoms with Crippen LogP contribution in [0, 0.1) is 145 Å². The molecule has 0 atom stereocenters. The van der Waals surface area contributed by atoms with Gasteiger partial charge in [-0.3, -0.25) is 19.9 Å². The first-order valence-electron chi connectivity index (χ1n) is 39.3. The molecule has 7 rings (SSSR count). The van der Waals surface area contributed by atoms with Crippen molar-refractivity contribution in [2.45, 2.75) is 339 Å². The third kappa shape index (κ3) is 24.9. The Morgan fingerprint density at radius 3 is 0.345 bits per heavy atom. The highest BCUT2D eigenvalue weighted by Crippen LogP contribution is 2.37. The van der Waals surface area contributed by atoms with Crippen molar-refractivity contribution in [2.75, 3.05) is 0 Å². The number of aromatic nitrogens is 7. The second kappa shape index (κ2) is 38.8. The largest absolute Gasteiger partial charge is 0.256 e. The van der Waals surface area contributed by atoms with Crippen LogP contribution in [0.15, 0.2) is 59.2 Å². The summed E-state index contributed by atoms with van der Waals surface area (Å²) >= 11 is 0. The average Bonchev–Trinajstić information content (AvgIpc) is 0.672. The Bertz CT molecular complexity index is 4170.